The molecule has 0 bridgehead atoms. The third kappa shape index (κ3) is 3.50. The van der Waals surface area contributed by atoms with Gasteiger partial charge in [0.15, 0.2) is 0 Å². The number of benzene rings is 2. The van der Waals surface area contributed by atoms with E-state index in [1.165, 1.54) is 5.56 Å². The van der Waals surface area contributed by atoms with E-state index >= 15 is 0 Å². The predicted molar refractivity (Wildman–Crippen MR) is 90.6 cm³/mol. The van der Waals surface area contributed by atoms with Crippen molar-refractivity contribution in [3.05, 3.63) is 64.2 Å². The van der Waals surface area contributed by atoms with E-state index in [1.54, 1.807) is 0 Å². The monoisotopic (exact) mass is 304 g/mol. The average Bonchev–Trinajstić information content (AvgIpc) is 2.39. The Morgan fingerprint density at radius 3 is 2.40 bits per heavy atom. The number of halogens is 1. The first-order valence-electron chi connectivity index (χ1n) is 6.40. The Morgan fingerprint density at radius 2 is 1.85 bits per heavy atom. The van der Waals surface area contributed by atoms with Gasteiger partial charge in [-0.05, 0) is 55.3 Å². The van der Waals surface area contributed by atoms with Gasteiger partial charge in [-0.1, -0.05) is 36.0 Å². The molecule has 0 heterocycles. The van der Waals surface area contributed by atoms with Gasteiger partial charge in [-0.25, -0.2) is 0 Å². The molecule has 0 aliphatic heterocycles. The van der Waals surface area contributed by atoms with Crippen LogP contribution in [0.1, 0.15) is 29.7 Å². The van der Waals surface area contributed by atoms with E-state index in [9.17, 15) is 0 Å². The summed E-state index contributed by atoms with van der Waals surface area (Å²) in [6, 6.07) is 14.0. The summed E-state index contributed by atoms with van der Waals surface area (Å²) >= 11 is 10.9. The number of aryl methyl sites for hydroxylation is 1. The summed E-state index contributed by atoms with van der Waals surface area (Å²) in [4.78, 5) is 0.430. The number of rotatable bonds is 4. The molecule has 0 aliphatic carbocycles. The summed E-state index contributed by atoms with van der Waals surface area (Å²) < 4.78 is 0. The smallest absolute Gasteiger partial charge is 0.104 e. The predicted octanol–water partition coefficient (Wildman–Crippen LogP) is 4.46. The van der Waals surface area contributed by atoms with Crippen LogP contribution in [0.2, 0.25) is 5.02 Å². The normalized spacial score (nSPS) is 11.9. The van der Waals surface area contributed by atoms with E-state index in [-0.39, 0.29) is 6.04 Å². The van der Waals surface area contributed by atoms with Crippen molar-refractivity contribution in [1.29, 1.82) is 0 Å². The summed E-state index contributed by atoms with van der Waals surface area (Å²) in [6.07, 6.45) is 0. The highest BCUT2D eigenvalue weighted by atomic mass is 35.5. The molecule has 0 spiro atoms. The summed E-state index contributed by atoms with van der Waals surface area (Å²) in [5.41, 5.74) is 9.90. The van der Waals surface area contributed by atoms with Gasteiger partial charge in [0.25, 0.3) is 0 Å². The largest absolute Gasteiger partial charge is 0.389 e. The molecule has 2 aromatic rings. The lowest BCUT2D eigenvalue weighted by atomic mass is 10.1. The Kier molecular flexibility index (Phi) is 4.63. The minimum absolute atomic E-state index is 0.197. The third-order valence-electron chi connectivity index (χ3n) is 3.25. The lowest BCUT2D eigenvalue weighted by molar-refractivity contribution is 0.884. The number of thiocarbonyl (C=S) groups is 1. The second-order valence-electron chi connectivity index (χ2n) is 4.81. The molecule has 3 N–H and O–H groups in total. The fraction of sp³-hybridized carbons (Fsp3) is 0.188. The Morgan fingerprint density at radius 1 is 1.20 bits per heavy atom. The van der Waals surface area contributed by atoms with Crippen LogP contribution in [0.15, 0.2) is 42.5 Å². The summed E-state index contributed by atoms with van der Waals surface area (Å²) in [6.45, 7) is 4.12. The molecule has 0 aromatic heterocycles. The van der Waals surface area contributed by atoms with Crippen molar-refractivity contribution in [1.82, 2.24) is 0 Å². The van der Waals surface area contributed by atoms with Crippen LogP contribution in [0.4, 0.5) is 5.69 Å². The second kappa shape index (κ2) is 6.25. The highest BCUT2D eigenvalue weighted by Gasteiger charge is 2.07. The van der Waals surface area contributed by atoms with Gasteiger partial charge in [0.05, 0.1) is 0 Å². The number of hydrogen-bond donors (Lipinski definition) is 2. The molecule has 2 aromatic carbocycles. The van der Waals surface area contributed by atoms with Crippen molar-refractivity contribution >= 4 is 34.5 Å². The SMILES string of the molecule is Cc1cc(NC(C)c2ccc(Cl)cc2)ccc1C(N)=S. The second-order valence-corrected chi connectivity index (χ2v) is 5.69. The van der Waals surface area contributed by atoms with Crippen LogP contribution in [0.5, 0.6) is 0 Å². The van der Waals surface area contributed by atoms with Crippen LogP contribution in [-0.2, 0) is 0 Å². The molecule has 2 nitrogen and oxygen atoms in total. The maximum atomic E-state index is 5.90. The van der Waals surface area contributed by atoms with E-state index in [1.807, 2.05) is 43.3 Å². The minimum atomic E-state index is 0.197. The van der Waals surface area contributed by atoms with Crippen LogP contribution >= 0.6 is 23.8 Å². The maximum absolute atomic E-state index is 5.90. The lowest BCUT2D eigenvalue weighted by Gasteiger charge is -2.17. The summed E-state index contributed by atoms with van der Waals surface area (Å²) in [5, 5.41) is 4.21. The summed E-state index contributed by atoms with van der Waals surface area (Å²) in [7, 11) is 0. The van der Waals surface area contributed by atoms with Gasteiger partial charge in [0, 0.05) is 22.3 Å². The highest BCUT2D eigenvalue weighted by molar-refractivity contribution is 7.80. The highest BCUT2D eigenvalue weighted by Crippen LogP contribution is 2.22. The van der Waals surface area contributed by atoms with Crippen LogP contribution in [0.3, 0.4) is 0 Å². The third-order valence-corrected chi connectivity index (χ3v) is 3.72. The molecule has 0 saturated heterocycles. The molecule has 0 radical (unpaired) electrons. The Bertz CT molecular complexity index is 623. The Balaban J connectivity index is 2.15. The van der Waals surface area contributed by atoms with Gasteiger partial charge < -0.3 is 11.1 Å². The zero-order valence-corrected chi connectivity index (χ0v) is 13.1. The quantitative estimate of drug-likeness (QED) is 0.819. The first-order chi connectivity index (χ1) is 9.47. The van der Waals surface area contributed by atoms with E-state index in [4.69, 9.17) is 29.6 Å². The van der Waals surface area contributed by atoms with Gasteiger partial charge >= 0.3 is 0 Å². The van der Waals surface area contributed by atoms with E-state index in [0.29, 0.717) is 4.99 Å². The van der Waals surface area contributed by atoms with Crippen LogP contribution in [0.25, 0.3) is 0 Å². The van der Waals surface area contributed by atoms with Gasteiger partial charge in [-0.15, -0.1) is 0 Å². The van der Waals surface area contributed by atoms with Crippen LogP contribution in [-0.4, -0.2) is 4.99 Å². The molecule has 4 heteroatoms. The number of nitrogens with two attached hydrogens (primary N) is 1. The zero-order valence-electron chi connectivity index (χ0n) is 11.5. The summed E-state index contributed by atoms with van der Waals surface area (Å²) in [5.74, 6) is 0. The maximum Gasteiger partial charge on any atom is 0.104 e. The molecule has 0 aliphatic rings. The molecular formula is C16H17ClN2S. The van der Waals surface area contributed by atoms with Gasteiger partial charge in [-0.3, -0.25) is 0 Å². The molecule has 104 valence electrons. The molecule has 0 fully saturated rings. The van der Waals surface area contributed by atoms with Crippen LogP contribution in [0, 0.1) is 6.92 Å². The first kappa shape index (κ1) is 14.8. The average molecular weight is 305 g/mol. The van der Waals surface area contributed by atoms with Crippen molar-refractivity contribution in [2.45, 2.75) is 19.9 Å². The van der Waals surface area contributed by atoms with Crippen molar-refractivity contribution in [3.63, 3.8) is 0 Å². The fourth-order valence-electron chi connectivity index (χ4n) is 2.11. The molecule has 2 rings (SSSR count). The molecular weight excluding hydrogens is 288 g/mol. The number of nitrogens with one attached hydrogen (secondary N) is 1. The number of hydrogen-bond acceptors (Lipinski definition) is 2. The molecule has 1 atom stereocenters. The van der Waals surface area contributed by atoms with E-state index in [2.05, 4.69) is 18.3 Å². The Labute approximate surface area is 130 Å². The fourth-order valence-corrected chi connectivity index (χ4v) is 2.47. The van der Waals surface area contributed by atoms with Crippen molar-refractivity contribution < 1.29 is 0 Å². The molecule has 0 amide bonds. The molecule has 1 unspecified atom stereocenters. The van der Waals surface area contributed by atoms with Gasteiger partial charge in [0.2, 0.25) is 0 Å². The first-order valence-corrected chi connectivity index (χ1v) is 7.18. The van der Waals surface area contributed by atoms with Gasteiger partial charge in [-0.2, -0.15) is 0 Å². The standard InChI is InChI=1S/C16H17ClN2S/c1-10-9-14(7-8-15(10)16(18)20)19-11(2)12-3-5-13(17)6-4-12/h3-9,11,19H,1-2H3,(H2,18,20). The van der Waals surface area contributed by atoms with Crippen molar-refractivity contribution in [3.8, 4) is 0 Å². The number of anilines is 1. The van der Waals surface area contributed by atoms with Crippen molar-refractivity contribution in [2.75, 3.05) is 5.32 Å². The van der Waals surface area contributed by atoms with Gasteiger partial charge in [0.1, 0.15) is 4.99 Å². The lowest BCUT2D eigenvalue weighted by Crippen LogP contribution is -2.12. The molecule has 0 saturated carbocycles. The van der Waals surface area contributed by atoms with E-state index in [0.717, 1.165) is 21.8 Å². The minimum Gasteiger partial charge on any atom is -0.389 e. The molecule has 20 heavy (non-hydrogen) atoms. The topological polar surface area (TPSA) is 38.0 Å². The van der Waals surface area contributed by atoms with E-state index < -0.39 is 0 Å². The Hall–Kier alpha value is -1.58. The zero-order chi connectivity index (χ0) is 14.7. The van der Waals surface area contributed by atoms with Crippen LogP contribution < -0.4 is 11.1 Å². The van der Waals surface area contributed by atoms with Crippen molar-refractivity contribution in [2.24, 2.45) is 5.73 Å².